The number of aromatic amines is 1. The number of quaternary nitrogens is 1. The van der Waals surface area contributed by atoms with Crippen molar-refractivity contribution in [2.24, 2.45) is 0 Å². The maximum Gasteiger partial charge on any atom is 0.219 e. The molecule has 1 aliphatic rings. The summed E-state index contributed by atoms with van der Waals surface area (Å²) in [5.74, 6) is 0.240. The maximum atomic E-state index is 12.9. The van der Waals surface area contributed by atoms with Crippen LogP contribution in [-0.2, 0) is 19.4 Å². The van der Waals surface area contributed by atoms with Gasteiger partial charge in [-0.1, -0.05) is 49.4 Å². The van der Waals surface area contributed by atoms with E-state index in [1.807, 2.05) is 6.20 Å². The van der Waals surface area contributed by atoms with E-state index in [4.69, 9.17) is 0 Å². The Kier molecular flexibility index (Phi) is 3.95. The van der Waals surface area contributed by atoms with Gasteiger partial charge in [-0.2, -0.15) is 0 Å². The second-order valence-electron chi connectivity index (χ2n) is 6.69. The minimum Gasteiger partial charge on any atom is -0.360 e. The monoisotopic (exact) mass is 319 g/mol. The molecule has 2 heterocycles. The first-order valence-electron chi connectivity index (χ1n) is 8.78. The molecule has 0 aliphatic carbocycles. The number of hydrogen-bond donors (Lipinski definition) is 2. The van der Waals surface area contributed by atoms with Crippen LogP contribution in [-0.4, -0.2) is 23.9 Å². The molecule has 2 aromatic carbocycles. The van der Waals surface area contributed by atoms with E-state index in [1.165, 1.54) is 21.6 Å². The van der Waals surface area contributed by atoms with Crippen LogP contribution >= 0.6 is 0 Å². The van der Waals surface area contributed by atoms with E-state index in [0.717, 1.165) is 42.4 Å². The van der Waals surface area contributed by atoms with E-state index in [0.29, 0.717) is 6.54 Å². The van der Waals surface area contributed by atoms with Crippen molar-refractivity contribution in [3.05, 3.63) is 70.9 Å². The van der Waals surface area contributed by atoms with Gasteiger partial charge < -0.3 is 9.88 Å². The van der Waals surface area contributed by atoms with Crippen molar-refractivity contribution in [1.29, 1.82) is 0 Å². The first kappa shape index (κ1) is 15.2. The average Bonchev–Trinajstić information content (AvgIpc) is 3.06. The highest BCUT2D eigenvalue weighted by Gasteiger charge is 2.23. The minimum atomic E-state index is 0.240. The SMILES string of the molecule is CCc1cccc2c(C(=O)C[NH+]3CCc4ccccc4C3)c[nH]c12. The number of ketones is 1. The Morgan fingerprint density at radius 3 is 2.79 bits per heavy atom. The molecule has 3 nitrogen and oxygen atoms in total. The van der Waals surface area contributed by atoms with Gasteiger partial charge in [0, 0.05) is 34.6 Å². The summed E-state index contributed by atoms with van der Waals surface area (Å²) in [6.45, 7) is 4.69. The topological polar surface area (TPSA) is 37.3 Å². The molecule has 4 rings (SSSR count). The molecule has 2 N–H and O–H groups in total. The standard InChI is InChI=1S/C21H22N2O/c1-2-15-8-5-9-18-19(12-22-21(15)18)20(24)14-23-11-10-16-6-3-4-7-17(16)13-23/h3-9,12,22H,2,10-11,13-14H2,1H3/p+1. The predicted molar refractivity (Wildman–Crippen MR) is 96.6 cm³/mol. The van der Waals surface area contributed by atoms with Gasteiger partial charge in [-0.3, -0.25) is 4.79 Å². The second-order valence-corrected chi connectivity index (χ2v) is 6.69. The molecular formula is C21H23N2O+. The van der Waals surface area contributed by atoms with Crippen LogP contribution in [0, 0.1) is 0 Å². The fraction of sp³-hybridized carbons (Fsp3) is 0.286. The first-order valence-corrected chi connectivity index (χ1v) is 8.78. The van der Waals surface area contributed by atoms with Gasteiger partial charge in [0.2, 0.25) is 5.78 Å². The zero-order chi connectivity index (χ0) is 16.5. The molecule has 24 heavy (non-hydrogen) atoms. The zero-order valence-corrected chi connectivity index (χ0v) is 14.1. The molecule has 0 fully saturated rings. The Morgan fingerprint density at radius 1 is 1.12 bits per heavy atom. The molecule has 1 aromatic heterocycles. The van der Waals surface area contributed by atoms with E-state index in [2.05, 4.69) is 54.4 Å². The van der Waals surface area contributed by atoms with Crippen molar-refractivity contribution in [3.63, 3.8) is 0 Å². The molecule has 122 valence electrons. The summed E-state index contributed by atoms with van der Waals surface area (Å²) in [5, 5.41) is 1.07. The minimum absolute atomic E-state index is 0.240. The number of para-hydroxylation sites is 1. The summed E-state index contributed by atoms with van der Waals surface area (Å²) < 4.78 is 0. The number of aromatic nitrogens is 1. The Morgan fingerprint density at radius 2 is 1.96 bits per heavy atom. The number of carbonyl (C=O) groups excluding carboxylic acids is 1. The molecule has 0 radical (unpaired) electrons. The summed E-state index contributed by atoms with van der Waals surface area (Å²) in [6.07, 6.45) is 3.93. The Hall–Kier alpha value is -2.39. The highest BCUT2D eigenvalue weighted by Crippen LogP contribution is 2.22. The number of fused-ring (bicyclic) bond motifs is 2. The predicted octanol–water partition coefficient (Wildman–Crippen LogP) is 2.55. The van der Waals surface area contributed by atoms with Crippen LogP contribution < -0.4 is 4.90 Å². The highest BCUT2D eigenvalue weighted by molar-refractivity contribution is 6.08. The number of carbonyl (C=O) groups is 1. The van der Waals surface area contributed by atoms with Crippen LogP contribution in [0.4, 0.5) is 0 Å². The van der Waals surface area contributed by atoms with E-state index in [9.17, 15) is 4.79 Å². The molecular weight excluding hydrogens is 296 g/mol. The number of H-pyrrole nitrogens is 1. The normalized spacial score (nSPS) is 17.0. The number of aryl methyl sites for hydroxylation is 1. The number of rotatable bonds is 4. The van der Waals surface area contributed by atoms with E-state index >= 15 is 0 Å². The van der Waals surface area contributed by atoms with Crippen LogP contribution in [0.1, 0.15) is 34.0 Å². The van der Waals surface area contributed by atoms with Crippen LogP contribution in [0.25, 0.3) is 10.9 Å². The Balaban J connectivity index is 1.55. The van der Waals surface area contributed by atoms with Crippen LogP contribution in [0.5, 0.6) is 0 Å². The van der Waals surface area contributed by atoms with Gasteiger partial charge in [0.25, 0.3) is 0 Å². The summed E-state index contributed by atoms with van der Waals surface area (Å²) >= 11 is 0. The molecule has 1 aliphatic heterocycles. The molecule has 1 atom stereocenters. The first-order chi connectivity index (χ1) is 11.8. The third-order valence-electron chi connectivity index (χ3n) is 5.20. The summed E-state index contributed by atoms with van der Waals surface area (Å²) in [5.41, 5.74) is 6.05. The molecule has 3 aromatic rings. The van der Waals surface area contributed by atoms with E-state index in [-0.39, 0.29) is 5.78 Å². The van der Waals surface area contributed by atoms with Gasteiger partial charge in [0.1, 0.15) is 13.1 Å². The lowest BCUT2D eigenvalue weighted by molar-refractivity contribution is -0.907. The number of benzene rings is 2. The summed E-state index contributed by atoms with van der Waals surface area (Å²) in [7, 11) is 0. The quantitative estimate of drug-likeness (QED) is 0.713. The van der Waals surface area contributed by atoms with Crippen molar-refractivity contribution in [3.8, 4) is 0 Å². The smallest absolute Gasteiger partial charge is 0.219 e. The molecule has 3 heteroatoms. The maximum absolute atomic E-state index is 12.9. The molecule has 0 saturated carbocycles. The Labute approximate surface area is 142 Å². The molecule has 0 amide bonds. The van der Waals surface area contributed by atoms with Crippen LogP contribution in [0.3, 0.4) is 0 Å². The second kappa shape index (κ2) is 6.25. The van der Waals surface area contributed by atoms with Crippen LogP contribution in [0.15, 0.2) is 48.7 Å². The van der Waals surface area contributed by atoms with Crippen LogP contribution in [0.2, 0.25) is 0 Å². The summed E-state index contributed by atoms with van der Waals surface area (Å²) in [6, 6.07) is 14.8. The largest absolute Gasteiger partial charge is 0.360 e. The Bertz CT molecular complexity index is 894. The molecule has 1 unspecified atom stereocenters. The van der Waals surface area contributed by atoms with Gasteiger partial charge in [0.15, 0.2) is 0 Å². The highest BCUT2D eigenvalue weighted by atomic mass is 16.1. The average molecular weight is 319 g/mol. The third kappa shape index (κ3) is 2.65. The van der Waals surface area contributed by atoms with Crippen molar-refractivity contribution in [2.45, 2.75) is 26.3 Å². The third-order valence-corrected chi connectivity index (χ3v) is 5.20. The van der Waals surface area contributed by atoms with Gasteiger partial charge >= 0.3 is 0 Å². The molecule has 0 spiro atoms. The van der Waals surface area contributed by atoms with Gasteiger partial charge in [-0.25, -0.2) is 0 Å². The van der Waals surface area contributed by atoms with Gasteiger partial charge in [-0.15, -0.1) is 0 Å². The lowest BCUT2D eigenvalue weighted by Gasteiger charge is -2.25. The van der Waals surface area contributed by atoms with E-state index in [1.54, 1.807) is 0 Å². The van der Waals surface area contributed by atoms with Crippen molar-refractivity contribution < 1.29 is 9.69 Å². The number of Topliss-reactive ketones (excluding diaryl/α,β-unsaturated/α-hetero) is 1. The van der Waals surface area contributed by atoms with Gasteiger partial charge in [0.05, 0.1) is 6.54 Å². The lowest BCUT2D eigenvalue weighted by Crippen LogP contribution is -3.12. The fourth-order valence-electron chi connectivity index (χ4n) is 3.86. The lowest BCUT2D eigenvalue weighted by atomic mass is 9.99. The number of hydrogen-bond acceptors (Lipinski definition) is 1. The molecule has 0 saturated heterocycles. The number of nitrogens with one attached hydrogen (secondary N) is 2. The molecule has 0 bridgehead atoms. The zero-order valence-electron chi connectivity index (χ0n) is 14.1. The van der Waals surface area contributed by atoms with Gasteiger partial charge in [-0.05, 0) is 17.5 Å². The fourth-order valence-corrected chi connectivity index (χ4v) is 3.86. The van der Waals surface area contributed by atoms with Crippen molar-refractivity contribution in [2.75, 3.05) is 13.1 Å². The summed E-state index contributed by atoms with van der Waals surface area (Å²) in [4.78, 5) is 17.5. The van der Waals surface area contributed by atoms with Crippen molar-refractivity contribution >= 4 is 16.7 Å². The van der Waals surface area contributed by atoms with Crippen molar-refractivity contribution in [1.82, 2.24) is 4.98 Å². The van der Waals surface area contributed by atoms with E-state index < -0.39 is 0 Å².